The molecule has 37 heavy (non-hydrogen) atoms. The van der Waals surface area contributed by atoms with Crippen molar-refractivity contribution in [2.75, 3.05) is 12.0 Å². The molecular formula is C27H23N3O7. The number of nitrogens with one attached hydrogen (secondary N) is 1. The van der Waals surface area contributed by atoms with Gasteiger partial charge in [-0.05, 0) is 54.0 Å². The number of benzene rings is 3. The van der Waals surface area contributed by atoms with Gasteiger partial charge in [0.15, 0.2) is 0 Å². The molecule has 0 spiro atoms. The standard InChI is InChI=1S/C27H23N3O7/c1-3-18-6-4-5-7-23(18)29-26(32)22(25(31)28-27(29)33)14-19-10-13-21(36-2)15-24(19)37-16-17-8-11-20(12-9-17)30(34)35/h4-15H,3,16H2,1-2H3,(H,28,31,33)/b22-14-. The van der Waals surface area contributed by atoms with Gasteiger partial charge in [-0.3, -0.25) is 25.0 Å². The Labute approximate surface area is 212 Å². The van der Waals surface area contributed by atoms with Gasteiger partial charge < -0.3 is 9.47 Å². The van der Waals surface area contributed by atoms with Gasteiger partial charge in [0.1, 0.15) is 23.7 Å². The highest BCUT2D eigenvalue weighted by molar-refractivity contribution is 6.39. The zero-order valence-electron chi connectivity index (χ0n) is 20.1. The second-order valence-corrected chi connectivity index (χ2v) is 8.06. The third-order valence-corrected chi connectivity index (χ3v) is 5.78. The van der Waals surface area contributed by atoms with Crippen molar-refractivity contribution in [2.24, 2.45) is 0 Å². The molecule has 0 radical (unpaired) electrons. The Balaban J connectivity index is 1.67. The van der Waals surface area contributed by atoms with Gasteiger partial charge in [0.25, 0.3) is 17.5 Å². The summed E-state index contributed by atoms with van der Waals surface area (Å²) in [6.07, 6.45) is 1.94. The number of hydrogen-bond donors (Lipinski definition) is 1. The number of carbonyl (C=O) groups excluding carboxylic acids is 3. The van der Waals surface area contributed by atoms with E-state index in [4.69, 9.17) is 9.47 Å². The summed E-state index contributed by atoms with van der Waals surface area (Å²) in [4.78, 5) is 50.0. The first-order valence-corrected chi connectivity index (χ1v) is 11.4. The Morgan fingerprint density at radius 1 is 1.03 bits per heavy atom. The topological polar surface area (TPSA) is 128 Å². The molecule has 4 amide bonds. The van der Waals surface area contributed by atoms with Crippen molar-refractivity contribution in [3.63, 3.8) is 0 Å². The maximum absolute atomic E-state index is 13.4. The fraction of sp³-hybridized carbons (Fsp3) is 0.148. The molecular weight excluding hydrogens is 478 g/mol. The fourth-order valence-electron chi connectivity index (χ4n) is 3.82. The molecule has 10 heteroatoms. The van der Waals surface area contributed by atoms with E-state index < -0.39 is 22.8 Å². The molecule has 3 aromatic carbocycles. The Morgan fingerprint density at radius 3 is 2.43 bits per heavy atom. The molecule has 1 aliphatic rings. The van der Waals surface area contributed by atoms with Gasteiger partial charge in [0.05, 0.1) is 17.7 Å². The molecule has 0 unspecified atom stereocenters. The maximum Gasteiger partial charge on any atom is 0.335 e. The van der Waals surface area contributed by atoms with Gasteiger partial charge in [-0.2, -0.15) is 0 Å². The minimum Gasteiger partial charge on any atom is -0.497 e. The van der Waals surface area contributed by atoms with Gasteiger partial charge in [-0.25, -0.2) is 9.69 Å². The summed E-state index contributed by atoms with van der Waals surface area (Å²) >= 11 is 0. The quantitative estimate of drug-likeness (QED) is 0.210. The zero-order valence-corrected chi connectivity index (χ0v) is 20.1. The molecule has 0 saturated carbocycles. The summed E-state index contributed by atoms with van der Waals surface area (Å²) in [7, 11) is 1.49. The number of amides is 4. The summed E-state index contributed by atoms with van der Waals surface area (Å²) in [5, 5.41) is 13.1. The van der Waals surface area contributed by atoms with Crippen LogP contribution in [0.2, 0.25) is 0 Å². The van der Waals surface area contributed by atoms with Crippen LogP contribution in [-0.4, -0.2) is 29.9 Å². The lowest BCUT2D eigenvalue weighted by molar-refractivity contribution is -0.384. The smallest absolute Gasteiger partial charge is 0.335 e. The number of rotatable bonds is 8. The number of barbiturate groups is 1. The highest BCUT2D eigenvalue weighted by atomic mass is 16.6. The average molecular weight is 501 g/mol. The number of aryl methyl sites for hydroxylation is 1. The number of nitrogens with zero attached hydrogens (tertiary/aromatic N) is 2. The van der Waals surface area contributed by atoms with Gasteiger partial charge in [-0.15, -0.1) is 0 Å². The van der Waals surface area contributed by atoms with E-state index in [0.717, 1.165) is 10.5 Å². The van der Waals surface area contributed by atoms with E-state index in [1.165, 1.54) is 25.3 Å². The summed E-state index contributed by atoms with van der Waals surface area (Å²) in [5.41, 5.74) is 1.97. The van der Waals surface area contributed by atoms with Gasteiger partial charge in [-0.1, -0.05) is 25.1 Å². The highest BCUT2D eigenvalue weighted by Gasteiger charge is 2.37. The second-order valence-electron chi connectivity index (χ2n) is 8.06. The molecule has 1 aliphatic heterocycles. The van der Waals surface area contributed by atoms with Crippen LogP contribution < -0.4 is 19.7 Å². The van der Waals surface area contributed by atoms with Crippen molar-refractivity contribution in [2.45, 2.75) is 20.0 Å². The third kappa shape index (κ3) is 5.32. The second kappa shape index (κ2) is 10.7. The molecule has 0 bridgehead atoms. The number of imide groups is 2. The zero-order chi connectivity index (χ0) is 26.5. The van der Waals surface area contributed by atoms with Crippen LogP contribution in [0.15, 0.2) is 72.3 Å². The normalized spacial score (nSPS) is 14.5. The highest BCUT2D eigenvalue weighted by Crippen LogP contribution is 2.30. The minimum absolute atomic E-state index is 0.0406. The number of nitro benzene ring substituents is 1. The van der Waals surface area contributed by atoms with Crippen molar-refractivity contribution >= 4 is 35.3 Å². The number of non-ortho nitro benzene ring substituents is 1. The lowest BCUT2D eigenvalue weighted by atomic mass is 10.0. The first kappa shape index (κ1) is 25.1. The van der Waals surface area contributed by atoms with Gasteiger partial charge >= 0.3 is 6.03 Å². The Hall–Kier alpha value is -4.99. The van der Waals surface area contributed by atoms with E-state index in [-0.39, 0.29) is 17.9 Å². The van der Waals surface area contributed by atoms with E-state index >= 15 is 0 Å². The lowest BCUT2D eigenvalue weighted by Gasteiger charge is -2.28. The van der Waals surface area contributed by atoms with Crippen LogP contribution >= 0.6 is 0 Å². The number of carbonyl (C=O) groups is 3. The van der Waals surface area contributed by atoms with E-state index in [1.807, 2.05) is 19.1 Å². The number of anilines is 1. The fourth-order valence-corrected chi connectivity index (χ4v) is 3.82. The molecule has 188 valence electrons. The van der Waals surface area contributed by atoms with Crippen LogP contribution in [0.1, 0.15) is 23.6 Å². The summed E-state index contributed by atoms with van der Waals surface area (Å²) in [6.45, 7) is 1.97. The number of para-hydroxylation sites is 1. The van der Waals surface area contributed by atoms with Crippen molar-refractivity contribution in [1.29, 1.82) is 0 Å². The molecule has 0 aliphatic carbocycles. The average Bonchev–Trinajstić information content (AvgIpc) is 2.90. The van der Waals surface area contributed by atoms with Gasteiger partial charge in [0, 0.05) is 23.8 Å². The molecule has 1 saturated heterocycles. The van der Waals surface area contributed by atoms with E-state index in [9.17, 15) is 24.5 Å². The SMILES string of the molecule is CCc1ccccc1N1C(=O)NC(=O)/C(=C/c2ccc(OC)cc2OCc2ccc([N+](=O)[O-])cc2)C1=O. The number of ether oxygens (including phenoxy) is 2. The monoisotopic (exact) mass is 501 g/mol. The Bertz CT molecular complexity index is 1410. The molecule has 10 nitrogen and oxygen atoms in total. The maximum atomic E-state index is 13.4. The van der Waals surface area contributed by atoms with Crippen molar-refractivity contribution < 1.29 is 28.8 Å². The van der Waals surface area contributed by atoms with Crippen LogP contribution in [0.25, 0.3) is 6.08 Å². The molecule has 0 atom stereocenters. The first-order chi connectivity index (χ1) is 17.8. The molecule has 0 aromatic heterocycles. The Kier molecular flexibility index (Phi) is 7.28. The molecule has 3 aromatic rings. The largest absolute Gasteiger partial charge is 0.497 e. The third-order valence-electron chi connectivity index (χ3n) is 5.78. The molecule has 1 fully saturated rings. The predicted molar refractivity (Wildman–Crippen MR) is 135 cm³/mol. The van der Waals surface area contributed by atoms with Crippen LogP contribution in [0.4, 0.5) is 16.2 Å². The Morgan fingerprint density at radius 2 is 1.76 bits per heavy atom. The van der Waals surface area contributed by atoms with Crippen LogP contribution in [0.5, 0.6) is 11.5 Å². The predicted octanol–water partition coefficient (Wildman–Crippen LogP) is 4.41. The molecule has 1 heterocycles. The first-order valence-electron chi connectivity index (χ1n) is 11.4. The van der Waals surface area contributed by atoms with E-state index in [2.05, 4.69) is 5.32 Å². The van der Waals surface area contributed by atoms with Gasteiger partial charge in [0.2, 0.25) is 0 Å². The number of nitro groups is 1. The van der Waals surface area contributed by atoms with Crippen LogP contribution in [0, 0.1) is 10.1 Å². The number of hydrogen-bond acceptors (Lipinski definition) is 7. The minimum atomic E-state index is -0.822. The van der Waals surface area contributed by atoms with Crippen molar-refractivity contribution in [3.8, 4) is 11.5 Å². The summed E-state index contributed by atoms with van der Waals surface area (Å²) < 4.78 is 11.2. The summed E-state index contributed by atoms with van der Waals surface area (Å²) in [6, 6.07) is 16.9. The van der Waals surface area contributed by atoms with E-state index in [1.54, 1.807) is 42.5 Å². The van der Waals surface area contributed by atoms with Crippen LogP contribution in [-0.2, 0) is 22.6 Å². The van der Waals surface area contributed by atoms with Crippen molar-refractivity contribution in [3.05, 3.63) is 99.1 Å². The van der Waals surface area contributed by atoms with Crippen molar-refractivity contribution in [1.82, 2.24) is 5.32 Å². The summed E-state index contributed by atoms with van der Waals surface area (Å²) in [5.74, 6) is -0.790. The number of urea groups is 1. The number of methoxy groups -OCH3 is 1. The lowest BCUT2D eigenvalue weighted by Crippen LogP contribution is -2.54. The molecule has 4 rings (SSSR count). The van der Waals surface area contributed by atoms with E-state index in [0.29, 0.717) is 34.7 Å². The molecule has 1 N–H and O–H groups in total. The van der Waals surface area contributed by atoms with Crippen LogP contribution in [0.3, 0.4) is 0 Å².